The first kappa shape index (κ1) is 14.9. The van der Waals surface area contributed by atoms with Crippen molar-refractivity contribution < 1.29 is 4.79 Å². The molecule has 0 saturated carbocycles. The maximum absolute atomic E-state index is 12.2. The van der Waals surface area contributed by atoms with Crippen LogP contribution in [0.5, 0.6) is 0 Å². The van der Waals surface area contributed by atoms with Crippen LogP contribution >= 0.6 is 11.3 Å². The Morgan fingerprint density at radius 3 is 2.48 bits per heavy atom. The van der Waals surface area contributed by atoms with Gasteiger partial charge in [0.25, 0.3) is 5.91 Å². The summed E-state index contributed by atoms with van der Waals surface area (Å²) < 4.78 is 0. The van der Waals surface area contributed by atoms with Gasteiger partial charge in [-0.15, -0.1) is 0 Å². The van der Waals surface area contributed by atoms with Crippen molar-refractivity contribution in [1.29, 1.82) is 5.26 Å². The summed E-state index contributed by atoms with van der Waals surface area (Å²) in [7, 11) is 0. The predicted octanol–water partition coefficient (Wildman–Crippen LogP) is 4.24. The Bertz CT molecular complexity index is 877. The first-order valence-electron chi connectivity index (χ1n) is 7.02. The van der Waals surface area contributed by atoms with Crippen LogP contribution in [0.25, 0.3) is 10.4 Å². The lowest BCUT2D eigenvalue weighted by Crippen LogP contribution is -2.11. The highest BCUT2D eigenvalue weighted by Crippen LogP contribution is 2.32. The van der Waals surface area contributed by atoms with E-state index in [9.17, 15) is 4.79 Å². The van der Waals surface area contributed by atoms with Crippen LogP contribution in [-0.2, 0) is 0 Å². The smallest absolute Gasteiger partial charge is 0.257 e. The van der Waals surface area contributed by atoms with Crippen molar-refractivity contribution in [2.45, 2.75) is 6.92 Å². The molecule has 0 unspecified atom stereocenters. The number of nitrogens with one attached hydrogen (secondary N) is 1. The third-order valence-corrected chi connectivity index (χ3v) is 4.45. The SMILES string of the molecule is Cc1nc(NC(=O)c2ccc(C#N)cc2)sc1-c1ccccc1. The van der Waals surface area contributed by atoms with Crippen molar-refractivity contribution >= 4 is 22.4 Å². The summed E-state index contributed by atoms with van der Waals surface area (Å²) in [5.41, 5.74) is 2.99. The van der Waals surface area contributed by atoms with Gasteiger partial charge < -0.3 is 0 Å². The van der Waals surface area contributed by atoms with E-state index in [2.05, 4.69) is 10.3 Å². The van der Waals surface area contributed by atoms with E-state index in [-0.39, 0.29) is 5.91 Å². The Labute approximate surface area is 138 Å². The minimum atomic E-state index is -0.233. The first-order valence-corrected chi connectivity index (χ1v) is 7.83. The number of aryl methyl sites for hydroxylation is 1. The molecule has 2 aromatic carbocycles. The minimum Gasteiger partial charge on any atom is -0.298 e. The van der Waals surface area contributed by atoms with Gasteiger partial charge in [-0.05, 0) is 36.8 Å². The van der Waals surface area contributed by atoms with Gasteiger partial charge in [0, 0.05) is 5.56 Å². The molecular weight excluding hydrogens is 306 g/mol. The van der Waals surface area contributed by atoms with Crippen molar-refractivity contribution in [3.8, 4) is 16.5 Å². The number of amides is 1. The molecule has 0 aliphatic carbocycles. The van der Waals surface area contributed by atoms with Crippen molar-refractivity contribution in [3.05, 3.63) is 71.4 Å². The van der Waals surface area contributed by atoms with Crippen LogP contribution in [0.15, 0.2) is 54.6 Å². The van der Waals surface area contributed by atoms with Crippen molar-refractivity contribution in [2.24, 2.45) is 0 Å². The number of rotatable bonds is 3. The highest BCUT2D eigenvalue weighted by molar-refractivity contribution is 7.19. The van der Waals surface area contributed by atoms with Crippen LogP contribution in [0.3, 0.4) is 0 Å². The number of carbonyl (C=O) groups excluding carboxylic acids is 1. The Balaban J connectivity index is 1.80. The van der Waals surface area contributed by atoms with Crippen LogP contribution in [0.2, 0.25) is 0 Å². The molecule has 0 bridgehead atoms. The van der Waals surface area contributed by atoms with E-state index >= 15 is 0 Å². The second kappa shape index (κ2) is 6.42. The summed E-state index contributed by atoms with van der Waals surface area (Å²) in [5.74, 6) is -0.233. The third kappa shape index (κ3) is 3.28. The lowest BCUT2D eigenvalue weighted by Gasteiger charge is -2.01. The number of nitriles is 1. The van der Waals surface area contributed by atoms with Crippen molar-refractivity contribution in [1.82, 2.24) is 4.98 Å². The second-order valence-corrected chi connectivity index (χ2v) is 5.94. The molecule has 1 N–H and O–H groups in total. The zero-order chi connectivity index (χ0) is 16.2. The number of thiazole rings is 1. The Morgan fingerprint density at radius 1 is 1.13 bits per heavy atom. The molecule has 0 aliphatic rings. The molecule has 0 atom stereocenters. The van der Waals surface area contributed by atoms with E-state index in [0.717, 1.165) is 16.1 Å². The highest BCUT2D eigenvalue weighted by Gasteiger charge is 2.13. The van der Waals surface area contributed by atoms with E-state index in [1.54, 1.807) is 24.3 Å². The van der Waals surface area contributed by atoms with Gasteiger partial charge in [-0.1, -0.05) is 41.7 Å². The van der Waals surface area contributed by atoms with E-state index < -0.39 is 0 Å². The van der Waals surface area contributed by atoms with E-state index in [1.165, 1.54) is 11.3 Å². The molecule has 3 rings (SSSR count). The van der Waals surface area contributed by atoms with Crippen LogP contribution in [0, 0.1) is 18.3 Å². The quantitative estimate of drug-likeness (QED) is 0.785. The summed E-state index contributed by atoms with van der Waals surface area (Å²) >= 11 is 1.45. The minimum absolute atomic E-state index is 0.233. The number of anilines is 1. The molecular formula is C18H13N3OS. The van der Waals surface area contributed by atoms with Gasteiger partial charge in [0.1, 0.15) is 0 Å². The van der Waals surface area contributed by atoms with Crippen LogP contribution in [-0.4, -0.2) is 10.9 Å². The molecule has 0 spiro atoms. The first-order chi connectivity index (χ1) is 11.2. The van der Waals surface area contributed by atoms with Gasteiger partial charge in [0.05, 0.1) is 22.2 Å². The van der Waals surface area contributed by atoms with E-state index in [0.29, 0.717) is 16.3 Å². The zero-order valence-electron chi connectivity index (χ0n) is 12.4. The van der Waals surface area contributed by atoms with Gasteiger partial charge in [-0.3, -0.25) is 10.1 Å². The zero-order valence-corrected chi connectivity index (χ0v) is 13.2. The van der Waals surface area contributed by atoms with E-state index in [1.807, 2.05) is 43.3 Å². The fourth-order valence-electron chi connectivity index (χ4n) is 2.17. The maximum Gasteiger partial charge on any atom is 0.257 e. The molecule has 23 heavy (non-hydrogen) atoms. The van der Waals surface area contributed by atoms with Gasteiger partial charge in [-0.25, -0.2) is 4.98 Å². The molecule has 0 radical (unpaired) electrons. The number of aromatic nitrogens is 1. The number of nitrogens with zero attached hydrogens (tertiary/aromatic N) is 2. The van der Waals surface area contributed by atoms with Crippen LogP contribution < -0.4 is 5.32 Å². The topological polar surface area (TPSA) is 65.8 Å². The average Bonchev–Trinajstić information content (AvgIpc) is 2.96. The normalized spacial score (nSPS) is 10.1. The number of carbonyl (C=O) groups is 1. The van der Waals surface area contributed by atoms with Crippen molar-refractivity contribution in [3.63, 3.8) is 0 Å². The summed E-state index contributed by atoms with van der Waals surface area (Å²) in [6.45, 7) is 1.93. The summed E-state index contributed by atoms with van der Waals surface area (Å²) in [6.07, 6.45) is 0. The van der Waals surface area contributed by atoms with E-state index in [4.69, 9.17) is 5.26 Å². The van der Waals surface area contributed by atoms with Gasteiger partial charge in [0.15, 0.2) is 5.13 Å². The Hall–Kier alpha value is -2.97. The molecule has 112 valence electrons. The molecule has 5 heteroatoms. The number of hydrogen-bond acceptors (Lipinski definition) is 4. The number of benzene rings is 2. The molecule has 0 aliphatic heterocycles. The second-order valence-electron chi connectivity index (χ2n) is 4.94. The summed E-state index contributed by atoms with van der Waals surface area (Å²) in [5, 5.41) is 12.2. The highest BCUT2D eigenvalue weighted by atomic mass is 32.1. The molecule has 3 aromatic rings. The molecule has 1 aromatic heterocycles. The molecule has 1 heterocycles. The number of hydrogen-bond donors (Lipinski definition) is 1. The third-order valence-electron chi connectivity index (χ3n) is 3.33. The maximum atomic E-state index is 12.2. The molecule has 0 fully saturated rings. The monoisotopic (exact) mass is 319 g/mol. The largest absolute Gasteiger partial charge is 0.298 e. The Morgan fingerprint density at radius 2 is 1.83 bits per heavy atom. The van der Waals surface area contributed by atoms with Crippen molar-refractivity contribution in [2.75, 3.05) is 5.32 Å². The van der Waals surface area contributed by atoms with Crippen LogP contribution in [0.4, 0.5) is 5.13 Å². The van der Waals surface area contributed by atoms with Gasteiger partial charge >= 0.3 is 0 Å². The molecule has 0 saturated heterocycles. The van der Waals surface area contributed by atoms with Gasteiger partial charge in [-0.2, -0.15) is 5.26 Å². The fourth-order valence-corrected chi connectivity index (χ4v) is 3.14. The lowest BCUT2D eigenvalue weighted by molar-refractivity contribution is 0.102. The lowest BCUT2D eigenvalue weighted by atomic mass is 10.1. The summed E-state index contributed by atoms with van der Waals surface area (Å²) in [4.78, 5) is 17.7. The van der Waals surface area contributed by atoms with Gasteiger partial charge in [0.2, 0.25) is 0 Å². The van der Waals surface area contributed by atoms with Crippen LogP contribution in [0.1, 0.15) is 21.6 Å². The Kier molecular flexibility index (Phi) is 4.18. The summed E-state index contributed by atoms with van der Waals surface area (Å²) in [6, 6.07) is 18.5. The standard InChI is InChI=1S/C18H13N3OS/c1-12-16(14-5-3-2-4-6-14)23-18(20-12)21-17(22)15-9-7-13(11-19)8-10-15/h2-10H,1H3,(H,20,21,22). The molecule has 1 amide bonds. The average molecular weight is 319 g/mol. The fraction of sp³-hybridized carbons (Fsp3) is 0.0556. The molecule has 4 nitrogen and oxygen atoms in total. The predicted molar refractivity (Wildman–Crippen MR) is 91.4 cm³/mol.